The third kappa shape index (κ3) is 4.18. The number of carbonyl (C=O) groups is 1. The number of hydrogen-bond acceptors (Lipinski definition) is 4. The van der Waals surface area contributed by atoms with E-state index in [1.54, 1.807) is 13.0 Å². The molecule has 0 spiro atoms. The van der Waals surface area contributed by atoms with Crippen molar-refractivity contribution < 1.29 is 23.1 Å². The summed E-state index contributed by atoms with van der Waals surface area (Å²) in [4.78, 5) is 11.1. The standard InChI is InChI=1S/C16H15Cl2NO5S/c1-10-3-6-14(24-2)15(7-10)25(22,23)19(9-16(20)21)11-4-5-12(17)13(18)8-11/h3-8H,9H2,1-2H3,(H,20,21). The topological polar surface area (TPSA) is 83.9 Å². The summed E-state index contributed by atoms with van der Waals surface area (Å²) in [5, 5.41) is 9.50. The highest BCUT2D eigenvalue weighted by Gasteiger charge is 2.30. The van der Waals surface area contributed by atoms with Gasteiger partial charge in [0.25, 0.3) is 10.0 Å². The van der Waals surface area contributed by atoms with Crippen LogP contribution in [0, 0.1) is 6.92 Å². The molecular formula is C16H15Cl2NO5S. The lowest BCUT2D eigenvalue weighted by Crippen LogP contribution is -2.36. The van der Waals surface area contributed by atoms with Gasteiger partial charge in [0.15, 0.2) is 0 Å². The predicted molar refractivity (Wildman–Crippen MR) is 96.4 cm³/mol. The van der Waals surface area contributed by atoms with Gasteiger partial charge in [-0.25, -0.2) is 8.42 Å². The number of carboxylic acid groups (broad SMARTS) is 1. The molecule has 9 heteroatoms. The molecular weight excluding hydrogens is 389 g/mol. The first-order chi connectivity index (χ1) is 11.7. The lowest BCUT2D eigenvalue weighted by atomic mass is 10.2. The zero-order valence-electron chi connectivity index (χ0n) is 13.4. The molecule has 2 aromatic rings. The SMILES string of the molecule is COc1ccc(C)cc1S(=O)(=O)N(CC(=O)O)c1ccc(Cl)c(Cl)c1. The monoisotopic (exact) mass is 403 g/mol. The Morgan fingerprint density at radius 2 is 1.84 bits per heavy atom. The van der Waals surface area contributed by atoms with E-state index in [1.165, 1.54) is 37.4 Å². The number of aryl methyl sites for hydroxylation is 1. The third-order valence-electron chi connectivity index (χ3n) is 3.36. The molecule has 0 atom stereocenters. The van der Waals surface area contributed by atoms with Crippen molar-refractivity contribution in [2.45, 2.75) is 11.8 Å². The van der Waals surface area contributed by atoms with Gasteiger partial charge in [-0.15, -0.1) is 0 Å². The van der Waals surface area contributed by atoms with Gasteiger partial charge in [-0.2, -0.15) is 0 Å². The average molecular weight is 404 g/mol. The normalized spacial score (nSPS) is 11.2. The maximum absolute atomic E-state index is 13.1. The number of sulfonamides is 1. The number of nitrogens with zero attached hydrogens (tertiary/aromatic N) is 1. The molecule has 134 valence electrons. The molecule has 0 aromatic heterocycles. The lowest BCUT2D eigenvalue weighted by molar-refractivity contribution is -0.135. The van der Waals surface area contributed by atoms with E-state index in [1.807, 2.05) is 0 Å². The Morgan fingerprint density at radius 3 is 2.40 bits per heavy atom. The highest BCUT2D eigenvalue weighted by atomic mass is 35.5. The molecule has 0 aliphatic carbocycles. The maximum Gasteiger partial charge on any atom is 0.324 e. The van der Waals surface area contributed by atoms with Gasteiger partial charge in [-0.05, 0) is 42.8 Å². The van der Waals surface area contributed by atoms with E-state index in [4.69, 9.17) is 33.0 Å². The number of carboxylic acids is 1. The Kier molecular flexibility index (Phi) is 5.82. The molecule has 0 heterocycles. The molecule has 0 bridgehead atoms. The van der Waals surface area contributed by atoms with Gasteiger partial charge < -0.3 is 9.84 Å². The van der Waals surface area contributed by atoms with Crippen molar-refractivity contribution in [1.82, 2.24) is 0 Å². The highest BCUT2D eigenvalue weighted by molar-refractivity contribution is 7.93. The van der Waals surface area contributed by atoms with Crippen LogP contribution in [-0.4, -0.2) is 33.1 Å². The molecule has 1 N–H and O–H groups in total. The Bertz CT molecular complexity index is 915. The molecule has 0 saturated carbocycles. The van der Waals surface area contributed by atoms with Gasteiger partial charge in [0.2, 0.25) is 0 Å². The summed E-state index contributed by atoms with van der Waals surface area (Å²) in [5.74, 6) is -1.21. The number of anilines is 1. The second-order valence-corrected chi connectivity index (χ2v) is 7.80. The molecule has 0 radical (unpaired) electrons. The molecule has 6 nitrogen and oxygen atoms in total. The predicted octanol–water partition coefficient (Wildman–Crippen LogP) is 3.59. The zero-order valence-corrected chi connectivity index (χ0v) is 15.7. The fourth-order valence-electron chi connectivity index (χ4n) is 2.18. The summed E-state index contributed by atoms with van der Waals surface area (Å²) in [6, 6.07) is 8.70. The van der Waals surface area contributed by atoms with Crippen LogP contribution in [-0.2, 0) is 14.8 Å². The number of benzene rings is 2. The largest absolute Gasteiger partial charge is 0.495 e. The van der Waals surface area contributed by atoms with Gasteiger partial charge in [-0.3, -0.25) is 9.10 Å². The molecule has 25 heavy (non-hydrogen) atoms. The van der Waals surface area contributed by atoms with E-state index in [9.17, 15) is 13.2 Å². The van der Waals surface area contributed by atoms with E-state index >= 15 is 0 Å². The van der Waals surface area contributed by atoms with Crippen LogP contribution in [0.2, 0.25) is 10.0 Å². The Labute approximate surface area is 155 Å². The van der Waals surface area contributed by atoms with E-state index in [2.05, 4.69) is 0 Å². The van der Waals surface area contributed by atoms with Crippen molar-refractivity contribution in [3.63, 3.8) is 0 Å². The Hall–Kier alpha value is -1.96. The van der Waals surface area contributed by atoms with Crippen LogP contribution in [0.25, 0.3) is 0 Å². The second kappa shape index (κ2) is 7.51. The first kappa shape index (κ1) is 19.4. The van der Waals surface area contributed by atoms with Gasteiger partial charge >= 0.3 is 5.97 Å². The van der Waals surface area contributed by atoms with Crippen molar-refractivity contribution in [2.75, 3.05) is 18.0 Å². The van der Waals surface area contributed by atoms with Crippen molar-refractivity contribution >= 4 is 44.9 Å². The van der Waals surface area contributed by atoms with Crippen molar-refractivity contribution in [1.29, 1.82) is 0 Å². The van der Waals surface area contributed by atoms with Crippen LogP contribution in [0.5, 0.6) is 5.75 Å². The van der Waals surface area contributed by atoms with Crippen molar-refractivity contribution in [3.8, 4) is 5.75 Å². The number of ether oxygens (including phenoxy) is 1. The summed E-state index contributed by atoms with van der Waals surface area (Å²) >= 11 is 11.8. The quantitative estimate of drug-likeness (QED) is 0.796. The summed E-state index contributed by atoms with van der Waals surface area (Å²) < 4.78 is 32.1. The second-order valence-electron chi connectivity index (χ2n) is 5.16. The first-order valence-electron chi connectivity index (χ1n) is 7.01. The fraction of sp³-hybridized carbons (Fsp3) is 0.188. The fourth-order valence-corrected chi connectivity index (χ4v) is 4.12. The smallest absolute Gasteiger partial charge is 0.324 e. The van der Waals surface area contributed by atoms with Crippen LogP contribution >= 0.6 is 23.2 Å². The Morgan fingerprint density at radius 1 is 1.16 bits per heavy atom. The van der Waals surface area contributed by atoms with Gasteiger partial charge in [0.1, 0.15) is 17.2 Å². The number of hydrogen-bond donors (Lipinski definition) is 1. The third-order valence-corrected chi connectivity index (χ3v) is 5.89. The summed E-state index contributed by atoms with van der Waals surface area (Å²) in [6.45, 7) is 0.941. The van der Waals surface area contributed by atoms with Crippen molar-refractivity contribution in [3.05, 3.63) is 52.0 Å². The van der Waals surface area contributed by atoms with Crippen LogP contribution in [0.3, 0.4) is 0 Å². The number of aliphatic carboxylic acids is 1. The lowest BCUT2D eigenvalue weighted by Gasteiger charge is -2.24. The van der Waals surface area contributed by atoms with E-state index in [-0.39, 0.29) is 26.4 Å². The minimum absolute atomic E-state index is 0.0837. The molecule has 0 unspecified atom stereocenters. The van der Waals surface area contributed by atoms with Gasteiger partial charge in [-0.1, -0.05) is 29.3 Å². The van der Waals surface area contributed by atoms with Crippen LogP contribution in [0.15, 0.2) is 41.3 Å². The zero-order chi connectivity index (χ0) is 18.8. The molecule has 0 saturated heterocycles. The van der Waals surface area contributed by atoms with Gasteiger partial charge in [0, 0.05) is 0 Å². The molecule has 0 aliphatic heterocycles. The van der Waals surface area contributed by atoms with Crippen LogP contribution in [0.4, 0.5) is 5.69 Å². The van der Waals surface area contributed by atoms with E-state index < -0.39 is 22.5 Å². The molecule has 2 aromatic carbocycles. The minimum Gasteiger partial charge on any atom is -0.495 e. The minimum atomic E-state index is -4.22. The van der Waals surface area contributed by atoms with E-state index in [0.717, 1.165) is 4.31 Å². The Balaban J connectivity index is 2.66. The number of halogens is 2. The average Bonchev–Trinajstić information content (AvgIpc) is 2.55. The molecule has 0 fully saturated rings. The van der Waals surface area contributed by atoms with Gasteiger partial charge in [0.05, 0.1) is 22.8 Å². The van der Waals surface area contributed by atoms with E-state index in [0.29, 0.717) is 5.56 Å². The summed E-state index contributed by atoms with van der Waals surface area (Å²) in [5.41, 5.74) is 0.768. The van der Waals surface area contributed by atoms with Crippen LogP contribution in [0.1, 0.15) is 5.56 Å². The number of rotatable bonds is 6. The number of methoxy groups -OCH3 is 1. The van der Waals surface area contributed by atoms with Crippen molar-refractivity contribution in [2.24, 2.45) is 0 Å². The molecule has 0 amide bonds. The first-order valence-corrected chi connectivity index (χ1v) is 9.20. The van der Waals surface area contributed by atoms with Crippen LogP contribution < -0.4 is 9.04 Å². The molecule has 2 rings (SSSR count). The summed E-state index contributed by atoms with van der Waals surface area (Å²) in [6.07, 6.45) is 0. The maximum atomic E-state index is 13.1. The summed E-state index contributed by atoms with van der Waals surface area (Å²) in [7, 11) is -2.88. The molecule has 0 aliphatic rings. The highest BCUT2D eigenvalue weighted by Crippen LogP contribution is 2.33.